The summed E-state index contributed by atoms with van der Waals surface area (Å²) in [5.74, 6) is 0.862. The summed E-state index contributed by atoms with van der Waals surface area (Å²) in [7, 11) is 0. The molecule has 2 fully saturated rings. The zero-order valence-electron chi connectivity index (χ0n) is 15.3. The third-order valence-corrected chi connectivity index (χ3v) is 5.71. The van der Waals surface area contributed by atoms with Gasteiger partial charge in [0.15, 0.2) is 0 Å². The van der Waals surface area contributed by atoms with Crippen LogP contribution in [0.5, 0.6) is 0 Å². The van der Waals surface area contributed by atoms with Crippen LogP contribution in [0.25, 0.3) is 0 Å². The first-order valence-electron chi connectivity index (χ1n) is 10.0. The highest BCUT2D eigenvalue weighted by atomic mass is 15.1. The molecule has 1 aliphatic heterocycles. The molecule has 1 aromatic heterocycles. The molecule has 1 saturated heterocycles. The second-order valence-electron chi connectivity index (χ2n) is 7.69. The molecule has 2 aliphatic rings. The molecule has 2 heterocycles. The molecule has 1 saturated carbocycles. The Morgan fingerprint density at radius 1 is 1.08 bits per heavy atom. The normalized spacial score (nSPS) is 21.0. The van der Waals surface area contributed by atoms with Gasteiger partial charge >= 0.3 is 0 Å². The summed E-state index contributed by atoms with van der Waals surface area (Å²) in [6.07, 6.45) is 11.9. The van der Waals surface area contributed by atoms with Crippen LogP contribution in [-0.2, 0) is 6.42 Å². The fourth-order valence-electron chi connectivity index (χ4n) is 4.14. The first kappa shape index (κ1) is 18.3. The Morgan fingerprint density at radius 3 is 2.48 bits per heavy atom. The van der Waals surface area contributed by atoms with E-state index in [1.54, 1.807) is 0 Å². The number of aromatic nitrogens is 2. The summed E-state index contributed by atoms with van der Waals surface area (Å²) in [4.78, 5) is 11.5. The summed E-state index contributed by atoms with van der Waals surface area (Å²) >= 11 is 0. The molecule has 5 nitrogen and oxygen atoms in total. The Balaban J connectivity index is 1.58. The van der Waals surface area contributed by atoms with E-state index in [1.165, 1.54) is 38.5 Å². The SMILES string of the molecule is N#Cc1nc(CCCN2CCC(N)CC2)cc(C2CCCCCC2)n1. The second-order valence-corrected chi connectivity index (χ2v) is 7.69. The van der Waals surface area contributed by atoms with Gasteiger partial charge in [0, 0.05) is 23.3 Å². The first-order chi connectivity index (χ1) is 12.2. The van der Waals surface area contributed by atoms with E-state index in [0.29, 0.717) is 17.8 Å². The van der Waals surface area contributed by atoms with E-state index in [9.17, 15) is 5.26 Å². The Kier molecular flexibility index (Phi) is 6.77. The van der Waals surface area contributed by atoms with Crippen LogP contribution in [0.1, 0.15) is 80.9 Å². The summed E-state index contributed by atoms with van der Waals surface area (Å²) in [5, 5.41) is 9.30. The van der Waals surface area contributed by atoms with Gasteiger partial charge in [-0.3, -0.25) is 0 Å². The Bertz CT molecular complexity index is 578. The molecule has 3 rings (SSSR count). The van der Waals surface area contributed by atoms with Gasteiger partial charge in [-0.25, -0.2) is 9.97 Å². The van der Waals surface area contributed by atoms with E-state index in [4.69, 9.17) is 5.73 Å². The highest BCUT2D eigenvalue weighted by molar-refractivity contribution is 5.21. The van der Waals surface area contributed by atoms with E-state index in [1.807, 2.05) is 0 Å². The van der Waals surface area contributed by atoms with Crippen molar-refractivity contribution in [2.24, 2.45) is 5.73 Å². The van der Waals surface area contributed by atoms with Crippen molar-refractivity contribution in [1.82, 2.24) is 14.9 Å². The van der Waals surface area contributed by atoms with Crippen LogP contribution >= 0.6 is 0 Å². The van der Waals surface area contributed by atoms with Gasteiger partial charge in [-0.1, -0.05) is 25.7 Å². The van der Waals surface area contributed by atoms with E-state index < -0.39 is 0 Å². The van der Waals surface area contributed by atoms with Crippen molar-refractivity contribution in [3.8, 4) is 6.07 Å². The topological polar surface area (TPSA) is 78.8 Å². The highest BCUT2D eigenvalue weighted by Crippen LogP contribution is 2.30. The molecule has 5 heteroatoms. The summed E-state index contributed by atoms with van der Waals surface area (Å²) in [6, 6.07) is 4.72. The van der Waals surface area contributed by atoms with Gasteiger partial charge in [-0.05, 0) is 64.2 Å². The number of nitriles is 1. The van der Waals surface area contributed by atoms with E-state index in [-0.39, 0.29) is 0 Å². The number of likely N-dealkylation sites (tertiary alicyclic amines) is 1. The minimum Gasteiger partial charge on any atom is -0.328 e. The van der Waals surface area contributed by atoms with Gasteiger partial charge in [0.2, 0.25) is 5.82 Å². The van der Waals surface area contributed by atoms with Gasteiger partial charge < -0.3 is 10.6 Å². The smallest absolute Gasteiger partial charge is 0.232 e. The monoisotopic (exact) mass is 341 g/mol. The van der Waals surface area contributed by atoms with Gasteiger partial charge in [0.05, 0.1) is 0 Å². The van der Waals surface area contributed by atoms with Gasteiger partial charge in [0.25, 0.3) is 0 Å². The Labute approximate surface area is 151 Å². The lowest BCUT2D eigenvalue weighted by molar-refractivity contribution is 0.211. The molecule has 0 radical (unpaired) electrons. The maximum atomic E-state index is 9.30. The van der Waals surface area contributed by atoms with Crippen molar-refractivity contribution >= 4 is 0 Å². The predicted molar refractivity (Wildman–Crippen MR) is 99.2 cm³/mol. The number of nitrogens with two attached hydrogens (primary N) is 1. The van der Waals surface area contributed by atoms with Gasteiger partial charge in [-0.15, -0.1) is 0 Å². The number of hydrogen-bond acceptors (Lipinski definition) is 5. The highest BCUT2D eigenvalue weighted by Gasteiger charge is 2.18. The maximum absolute atomic E-state index is 9.30. The third-order valence-electron chi connectivity index (χ3n) is 5.71. The van der Waals surface area contributed by atoms with Crippen LogP contribution in [0.4, 0.5) is 0 Å². The quantitative estimate of drug-likeness (QED) is 0.832. The van der Waals surface area contributed by atoms with Crippen molar-refractivity contribution in [1.29, 1.82) is 5.26 Å². The average Bonchev–Trinajstić information content (AvgIpc) is 2.92. The minimum atomic E-state index is 0.348. The fourth-order valence-corrected chi connectivity index (χ4v) is 4.14. The van der Waals surface area contributed by atoms with Crippen molar-refractivity contribution < 1.29 is 0 Å². The molecule has 0 aromatic carbocycles. The second kappa shape index (κ2) is 9.26. The van der Waals surface area contributed by atoms with Crippen molar-refractivity contribution in [2.45, 2.75) is 76.2 Å². The summed E-state index contributed by atoms with van der Waals surface area (Å²) in [5.41, 5.74) is 8.12. The average molecular weight is 342 g/mol. The molecule has 1 aliphatic carbocycles. The van der Waals surface area contributed by atoms with Crippen LogP contribution < -0.4 is 5.73 Å². The van der Waals surface area contributed by atoms with E-state index in [2.05, 4.69) is 27.0 Å². The largest absolute Gasteiger partial charge is 0.328 e. The van der Waals surface area contributed by atoms with Crippen LogP contribution in [0.2, 0.25) is 0 Å². The van der Waals surface area contributed by atoms with Crippen LogP contribution in [0, 0.1) is 11.3 Å². The molecule has 2 N–H and O–H groups in total. The van der Waals surface area contributed by atoms with Gasteiger partial charge in [-0.2, -0.15) is 5.26 Å². The molecular weight excluding hydrogens is 310 g/mol. The standard InChI is InChI=1S/C20H31N5/c21-15-20-23-18(8-5-11-25-12-9-17(22)10-13-25)14-19(24-20)16-6-3-1-2-4-7-16/h14,16-17H,1-13,22H2. The number of piperidine rings is 1. The van der Waals surface area contributed by atoms with Crippen molar-refractivity contribution in [3.63, 3.8) is 0 Å². The third kappa shape index (κ3) is 5.49. The van der Waals surface area contributed by atoms with Crippen molar-refractivity contribution in [3.05, 3.63) is 23.3 Å². The van der Waals surface area contributed by atoms with Gasteiger partial charge in [0.1, 0.15) is 6.07 Å². The number of nitrogens with zero attached hydrogens (tertiary/aromatic N) is 4. The molecule has 25 heavy (non-hydrogen) atoms. The molecular formula is C20H31N5. The molecule has 0 atom stereocenters. The van der Waals surface area contributed by atoms with Crippen molar-refractivity contribution in [2.75, 3.05) is 19.6 Å². The maximum Gasteiger partial charge on any atom is 0.232 e. The molecule has 0 spiro atoms. The van der Waals surface area contributed by atoms with Crippen LogP contribution in [-0.4, -0.2) is 40.5 Å². The van der Waals surface area contributed by atoms with E-state index >= 15 is 0 Å². The summed E-state index contributed by atoms with van der Waals surface area (Å²) in [6.45, 7) is 3.32. The molecule has 136 valence electrons. The predicted octanol–water partition coefficient (Wildman–Crippen LogP) is 3.14. The fraction of sp³-hybridized carbons (Fsp3) is 0.750. The molecule has 1 aromatic rings. The number of aryl methyl sites for hydroxylation is 1. The first-order valence-corrected chi connectivity index (χ1v) is 10.0. The van der Waals surface area contributed by atoms with E-state index in [0.717, 1.165) is 56.7 Å². The molecule has 0 bridgehead atoms. The van der Waals surface area contributed by atoms with Crippen LogP contribution in [0.3, 0.4) is 0 Å². The Morgan fingerprint density at radius 2 is 1.80 bits per heavy atom. The zero-order chi connectivity index (χ0) is 17.5. The lowest BCUT2D eigenvalue weighted by atomic mass is 9.95. The number of hydrogen-bond donors (Lipinski definition) is 1. The number of rotatable bonds is 5. The zero-order valence-corrected chi connectivity index (χ0v) is 15.3. The molecule has 0 amide bonds. The summed E-state index contributed by atoms with van der Waals surface area (Å²) < 4.78 is 0. The minimum absolute atomic E-state index is 0.348. The lowest BCUT2D eigenvalue weighted by Gasteiger charge is -2.29. The Hall–Kier alpha value is -1.51. The molecule has 0 unspecified atom stereocenters. The van der Waals surface area contributed by atoms with Crippen LogP contribution in [0.15, 0.2) is 6.07 Å². The lowest BCUT2D eigenvalue weighted by Crippen LogP contribution is -2.40.